The summed E-state index contributed by atoms with van der Waals surface area (Å²) in [4.78, 5) is 12.3. The number of aryl methyl sites for hydroxylation is 2. The molecule has 0 heterocycles. The molecule has 2 N–H and O–H groups in total. The Morgan fingerprint density at radius 3 is 2.43 bits per heavy atom. The topological polar surface area (TPSA) is 49.3 Å². The van der Waals surface area contributed by atoms with E-state index in [2.05, 4.69) is 17.2 Å². The van der Waals surface area contributed by atoms with Crippen molar-refractivity contribution in [2.45, 2.75) is 13.8 Å². The molecule has 1 amide bonds. The van der Waals surface area contributed by atoms with E-state index in [-0.39, 0.29) is 12.5 Å². The fourth-order valence-electron chi connectivity index (χ4n) is 1.90. The molecule has 2 aromatic carbocycles. The summed E-state index contributed by atoms with van der Waals surface area (Å²) in [6.07, 6.45) is 0. The molecule has 0 spiro atoms. The van der Waals surface area contributed by atoms with E-state index in [1.807, 2.05) is 44.2 Å². The van der Waals surface area contributed by atoms with Crippen molar-refractivity contribution in [3.63, 3.8) is 0 Å². The summed E-state index contributed by atoms with van der Waals surface area (Å²) in [5.74, 6) is 5.27. The highest BCUT2D eigenvalue weighted by molar-refractivity contribution is 6.05. The first kappa shape index (κ1) is 14.8. The second kappa shape index (κ2) is 6.74. The second-order valence-electron chi connectivity index (χ2n) is 4.83. The molecule has 3 heteroatoms. The maximum absolute atomic E-state index is 12.3. The Labute approximate surface area is 124 Å². The van der Waals surface area contributed by atoms with Crippen LogP contribution in [0.2, 0.25) is 0 Å². The number of aliphatic hydroxyl groups excluding tert-OH is 1. The Morgan fingerprint density at radius 1 is 1.10 bits per heavy atom. The summed E-state index contributed by atoms with van der Waals surface area (Å²) in [5.41, 5.74) is 4.08. The van der Waals surface area contributed by atoms with Gasteiger partial charge in [0.15, 0.2) is 0 Å². The van der Waals surface area contributed by atoms with Crippen LogP contribution in [0.4, 0.5) is 5.69 Å². The molecule has 0 bridgehead atoms. The molecule has 0 aliphatic heterocycles. The molecule has 3 nitrogen and oxygen atoms in total. The molecule has 0 saturated heterocycles. The lowest BCUT2D eigenvalue weighted by molar-refractivity contribution is 0.102. The van der Waals surface area contributed by atoms with Gasteiger partial charge < -0.3 is 10.4 Å². The van der Waals surface area contributed by atoms with Gasteiger partial charge in [-0.2, -0.15) is 0 Å². The number of anilines is 1. The average molecular weight is 279 g/mol. The van der Waals surface area contributed by atoms with E-state index < -0.39 is 0 Å². The first-order chi connectivity index (χ1) is 10.1. The lowest BCUT2D eigenvalue weighted by Gasteiger charge is -2.09. The first-order valence-corrected chi connectivity index (χ1v) is 6.68. The molecular weight excluding hydrogens is 262 g/mol. The fourth-order valence-corrected chi connectivity index (χ4v) is 1.90. The Balaban J connectivity index is 2.27. The minimum atomic E-state index is -0.209. The van der Waals surface area contributed by atoms with Crippen LogP contribution in [0.1, 0.15) is 27.0 Å². The zero-order valence-electron chi connectivity index (χ0n) is 12.1. The predicted octanol–water partition coefficient (Wildman–Crippen LogP) is 2.90. The van der Waals surface area contributed by atoms with Crippen LogP contribution in [0.3, 0.4) is 0 Å². The van der Waals surface area contributed by atoms with E-state index in [9.17, 15) is 4.79 Å². The molecule has 2 rings (SSSR count). The summed E-state index contributed by atoms with van der Waals surface area (Å²) in [7, 11) is 0. The van der Waals surface area contributed by atoms with Crippen LogP contribution < -0.4 is 5.32 Å². The number of carbonyl (C=O) groups is 1. The summed E-state index contributed by atoms with van der Waals surface area (Å²) < 4.78 is 0. The van der Waals surface area contributed by atoms with Crippen molar-refractivity contribution in [2.24, 2.45) is 0 Å². The molecule has 2 aromatic rings. The number of hydrogen-bond acceptors (Lipinski definition) is 2. The normalized spacial score (nSPS) is 9.67. The van der Waals surface area contributed by atoms with Gasteiger partial charge in [-0.3, -0.25) is 4.79 Å². The van der Waals surface area contributed by atoms with E-state index in [1.165, 1.54) is 0 Å². The standard InChI is InChI=1S/C18H17NO2/c1-13-5-9-16(10-6-13)18(21)19-17-12-14(2)7-8-15(17)4-3-11-20/h5-10,12,20H,11H2,1-2H3,(H,19,21). The third-order valence-corrected chi connectivity index (χ3v) is 3.04. The maximum Gasteiger partial charge on any atom is 0.255 e. The van der Waals surface area contributed by atoms with Crippen molar-refractivity contribution >= 4 is 11.6 Å². The lowest BCUT2D eigenvalue weighted by atomic mass is 10.1. The Bertz CT molecular complexity index is 706. The number of benzene rings is 2. The minimum absolute atomic E-state index is 0.173. The van der Waals surface area contributed by atoms with Crippen LogP contribution in [0.25, 0.3) is 0 Å². The molecule has 0 aliphatic rings. The van der Waals surface area contributed by atoms with E-state index in [0.29, 0.717) is 16.8 Å². The molecule has 0 saturated carbocycles. The van der Waals surface area contributed by atoms with Gasteiger partial charge in [0.2, 0.25) is 0 Å². The quantitative estimate of drug-likeness (QED) is 0.830. The van der Waals surface area contributed by atoms with Crippen LogP contribution in [0.15, 0.2) is 42.5 Å². The number of nitrogens with one attached hydrogen (secondary N) is 1. The third-order valence-electron chi connectivity index (χ3n) is 3.04. The van der Waals surface area contributed by atoms with Crippen molar-refractivity contribution in [2.75, 3.05) is 11.9 Å². The zero-order valence-corrected chi connectivity index (χ0v) is 12.1. The summed E-state index contributed by atoms with van der Waals surface area (Å²) in [5, 5.41) is 11.7. The predicted molar refractivity (Wildman–Crippen MR) is 84.3 cm³/mol. The first-order valence-electron chi connectivity index (χ1n) is 6.68. The van der Waals surface area contributed by atoms with Crippen LogP contribution in [-0.4, -0.2) is 17.6 Å². The molecule has 106 valence electrons. The van der Waals surface area contributed by atoms with Gasteiger partial charge in [0, 0.05) is 11.1 Å². The highest BCUT2D eigenvalue weighted by Crippen LogP contribution is 2.18. The van der Waals surface area contributed by atoms with Crippen molar-refractivity contribution in [1.82, 2.24) is 0 Å². The Kier molecular flexibility index (Phi) is 4.76. The van der Waals surface area contributed by atoms with Crippen LogP contribution in [0.5, 0.6) is 0 Å². The number of amides is 1. The number of rotatable bonds is 2. The van der Waals surface area contributed by atoms with Crippen molar-refractivity contribution in [3.8, 4) is 11.8 Å². The zero-order chi connectivity index (χ0) is 15.2. The van der Waals surface area contributed by atoms with Crippen LogP contribution in [0, 0.1) is 25.7 Å². The Morgan fingerprint density at radius 2 is 1.76 bits per heavy atom. The molecule has 0 fully saturated rings. The van der Waals surface area contributed by atoms with Gasteiger partial charge in [-0.05, 0) is 43.7 Å². The summed E-state index contributed by atoms with van der Waals surface area (Å²) >= 11 is 0. The molecule has 0 aromatic heterocycles. The third kappa shape index (κ3) is 3.95. The van der Waals surface area contributed by atoms with Crippen molar-refractivity contribution in [3.05, 3.63) is 64.7 Å². The van der Waals surface area contributed by atoms with E-state index in [0.717, 1.165) is 11.1 Å². The molecule has 0 atom stereocenters. The van der Waals surface area contributed by atoms with Gasteiger partial charge >= 0.3 is 0 Å². The van der Waals surface area contributed by atoms with Gasteiger partial charge in [0.05, 0.1) is 5.69 Å². The van der Waals surface area contributed by atoms with Gasteiger partial charge in [-0.15, -0.1) is 0 Å². The molecule has 0 unspecified atom stereocenters. The van der Waals surface area contributed by atoms with Gasteiger partial charge in [-0.25, -0.2) is 0 Å². The molecule has 21 heavy (non-hydrogen) atoms. The highest BCUT2D eigenvalue weighted by atomic mass is 16.2. The highest BCUT2D eigenvalue weighted by Gasteiger charge is 2.08. The molecular formula is C18H17NO2. The van der Waals surface area contributed by atoms with Crippen LogP contribution >= 0.6 is 0 Å². The van der Waals surface area contributed by atoms with Gasteiger partial charge in [-0.1, -0.05) is 35.6 Å². The molecule has 0 aliphatic carbocycles. The lowest BCUT2D eigenvalue weighted by Crippen LogP contribution is -2.13. The summed E-state index contributed by atoms with van der Waals surface area (Å²) in [6, 6.07) is 13.0. The monoisotopic (exact) mass is 279 g/mol. The van der Waals surface area contributed by atoms with Gasteiger partial charge in [0.25, 0.3) is 5.91 Å². The van der Waals surface area contributed by atoms with Crippen LogP contribution in [-0.2, 0) is 0 Å². The smallest absolute Gasteiger partial charge is 0.255 e. The van der Waals surface area contributed by atoms with E-state index in [4.69, 9.17) is 5.11 Å². The minimum Gasteiger partial charge on any atom is -0.384 e. The molecule has 0 radical (unpaired) electrons. The van der Waals surface area contributed by atoms with Crippen molar-refractivity contribution in [1.29, 1.82) is 0 Å². The average Bonchev–Trinajstić information content (AvgIpc) is 2.47. The second-order valence-corrected chi connectivity index (χ2v) is 4.83. The number of aliphatic hydroxyl groups is 1. The number of carbonyl (C=O) groups excluding carboxylic acids is 1. The Hall–Kier alpha value is -2.57. The fraction of sp³-hybridized carbons (Fsp3) is 0.167. The van der Waals surface area contributed by atoms with Gasteiger partial charge in [0.1, 0.15) is 6.61 Å². The number of hydrogen-bond donors (Lipinski definition) is 2. The van der Waals surface area contributed by atoms with E-state index >= 15 is 0 Å². The maximum atomic E-state index is 12.3. The van der Waals surface area contributed by atoms with Crippen molar-refractivity contribution < 1.29 is 9.90 Å². The SMILES string of the molecule is Cc1ccc(C(=O)Nc2cc(C)ccc2C#CCO)cc1. The summed E-state index contributed by atoms with van der Waals surface area (Å²) in [6.45, 7) is 3.72. The van der Waals surface area contributed by atoms with E-state index in [1.54, 1.807) is 12.1 Å². The largest absolute Gasteiger partial charge is 0.384 e.